The van der Waals surface area contributed by atoms with Gasteiger partial charge in [0.1, 0.15) is 39.6 Å². The zero-order valence-corrected chi connectivity index (χ0v) is 25.9. The molecule has 1 saturated heterocycles. The minimum atomic E-state index is -0.638. The number of nitriles is 2. The number of carbonyl (C=O) groups is 1. The predicted octanol–water partition coefficient (Wildman–Crippen LogP) is 6.59. The van der Waals surface area contributed by atoms with Crippen LogP contribution >= 0.6 is 34.7 Å². The molecule has 1 aliphatic rings. The molecule has 0 saturated carbocycles. The van der Waals surface area contributed by atoms with E-state index in [4.69, 9.17) is 32.0 Å². The number of hydrogen-bond acceptors (Lipinski definition) is 10. The number of halogens is 1. The second-order valence-electron chi connectivity index (χ2n) is 10.1. The van der Waals surface area contributed by atoms with E-state index in [1.54, 1.807) is 18.3 Å². The Hall–Kier alpha value is -3.93. The summed E-state index contributed by atoms with van der Waals surface area (Å²) >= 11 is 9.05. The van der Waals surface area contributed by atoms with Crippen molar-refractivity contribution in [1.29, 1.82) is 10.5 Å². The number of nitrogens with two attached hydrogens (primary N) is 1. The van der Waals surface area contributed by atoms with E-state index in [2.05, 4.69) is 17.0 Å². The first kappa shape index (κ1) is 30.5. The lowest BCUT2D eigenvalue weighted by Crippen LogP contribution is -2.38. The van der Waals surface area contributed by atoms with Gasteiger partial charge >= 0.3 is 5.97 Å². The average Bonchev–Trinajstić information content (AvgIpc) is 3.46. The van der Waals surface area contributed by atoms with Crippen LogP contribution in [-0.4, -0.2) is 41.7 Å². The van der Waals surface area contributed by atoms with Gasteiger partial charge in [-0.3, -0.25) is 4.79 Å². The number of aromatic nitrogens is 2. The fourth-order valence-electron chi connectivity index (χ4n) is 4.57. The highest BCUT2D eigenvalue weighted by Crippen LogP contribution is 2.40. The van der Waals surface area contributed by atoms with Crippen LogP contribution in [-0.2, 0) is 21.7 Å². The zero-order chi connectivity index (χ0) is 30.3. The maximum Gasteiger partial charge on any atom is 0.322 e. The number of hydrogen-bond donors (Lipinski definition) is 1. The van der Waals surface area contributed by atoms with E-state index in [9.17, 15) is 15.3 Å². The van der Waals surface area contributed by atoms with E-state index >= 15 is 0 Å². The van der Waals surface area contributed by atoms with Crippen LogP contribution in [0, 0.1) is 22.7 Å². The van der Waals surface area contributed by atoms with Gasteiger partial charge in [-0.15, -0.1) is 11.3 Å². The molecule has 1 fully saturated rings. The third kappa shape index (κ3) is 7.18. The molecule has 0 aliphatic carbocycles. The Kier molecular flexibility index (Phi) is 9.96. The lowest BCUT2D eigenvalue weighted by Gasteiger charge is -2.33. The van der Waals surface area contributed by atoms with Gasteiger partial charge in [0, 0.05) is 40.4 Å². The number of esters is 1. The van der Waals surface area contributed by atoms with Crippen molar-refractivity contribution in [2.75, 3.05) is 24.6 Å². The molecule has 1 atom stereocenters. The second kappa shape index (κ2) is 14.0. The number of aryl methyl sites for hydroxylation is 1. The maximum absolute atomic E-state index is 11.6. The smallest absolute Gasteiger partial charge is 0.322 e. The summed E-state index contributed by atoms with van der Waals surface area (Å²) in [5, 5.41) is 24.8. The number of carbonyl (C=O) groups excluding carboxylic acids is 1. The molecule has 0 radical (unpaired) electrons. The SMILES string of the molecule is C[C@H](N)C(=O)OCCCc1ccc(-c2c(C#N)c(SCc3csc(-c4ccc(Cl)cc4)n3)nc(N3CCC3)c2C#N)cc1. The van der Waals surface area contributed by atoms with E-state index in [1.165, 1.54) is 11.8 Å². The van der Waals surface area contributed by atoms with E-state index in [0.717, 1.165) is 46.9 Å². The highest BCUT2D eigenvalue weighted by atomic mass is 35.5. The molecule has 0 amide bonds. The summed E-state index contributed by atoms with van der Waals surface area (Å²) in [5.41, 5.74) is 10.7. The van der Waals surface area contributed by atoms with Crippen LogP contribution in [0.3, 0.4) is 0 Å². The third-order valence-electron chi connectivity index (χ3n) is 6.99. The fourth-order valence-corrected chi connectivity index (χ4v) is 6.50. The first-order chi connectivity index (χ1) is 20.9. The topological polar surface area (TPSA) is 129 Å². The van der Waals surface area contributed by atoms with Crippen LogP contribution < -0.4 is 10.6 Å². The molecular formula is C32H29ClN6O2S2. The predicted molar refractivity (Wildman–Crippen MR) is 171 cm³/mol. The molecule has 0 bridgehead atoms. The van der Waals surface area contributed by atoms with Crippen molar-refractivity contribution < 1.29 is 9.53 Å². The van der Waals surface area contributed by atoms with Gasteiger partial charge < -0.3 is 15.4 Å². The van der Waals surface area contributed by atoms with Crippen molar-refractivity contribution in [2.45, 2.75) is 43.0 Å². The third-order valence-corrected chi connectivity index (χ3v) is 9.19. The van der Waals surface area contributed by atoms with E-state index < -0.39 is 12.0 Å². The lowest BCUT2D eigenvalue weighted by molar-refractivity contribution is -0.144. The Bertz CT molecular complexity index is 1690. The standard InChI is InChI=1S/C32H29ClN6O2S2/c1-20(36)32(40)41-15-2-4-21-5-7-22(8-6-21)28-26(16-34)29(39-13-3-14-39)38-31(27(28)17-35)43-19-25-18-42-30(37-25)23-9-11-24(33)12-10-23/h5-12,18,20H,2-4,13-15,19,36H2,1H3/t20-/m0/s1. The van der Waals surface area contributed by atoms with Gasteiger partial charge in [-0.25, -0.2) is 9.97 Å². The number of pyridine rings is 1. The average molecular weight is 629 g/mol. The van der Waals surface area contributed by atoms with Crippen molar-refractivity contribution in [1.82, 2.24) is 9.97 Å². The zero-order valence-electron chi connectivity index (χ0n) is 23.5. The Morgan fingerprint density at radius 3 is 2.42 bits per heavy atom. The van der Waals surface area contributed by atoms with Gasteiger partial charge in [-0.1, -0.05) is 59.8 Å². The normalized spacial score (nSPS) is 13.1. The quantitative estimate of drug-likeness (QED) is 0.111. The number of anilines is 1. The summed E-state index contributed by atoms with van der Waals surface area (Å²) in [6.07, 6.45) is 2.41. The van der Waals surface area contributed by atoms with Gasteiger partial charge in [0.25, 0.3) is 0 Å². The Morgan fingerprint density at radius 1 is 1.09 bits per heavy atom. The Morgan fingerprint density at radius 2 is 1.79 bits per heavy atom. The van der Waals surface area contributed by atoms with Crippen molar-refractivity contribution >= 4 is 46.5 Å². The molecule has 2 aromatic heterocycles. The van der Waals surface area contributed by atoms with Crippen LogP contribution in [0.25, 0.3) is 21.7 Å². The van der Waals surface area contributed by atoms with Gasteiger partial charge in [0.2, 0.25) is 0 Å². The van der Waals surface area contributed by atoms with Crippen molar-refractivity contribution in [3.63, 3.8) is 0 Å². The molecule has 0 unspecified atom stereocenters. The summed E-state index contributed by atoms with van der Waals surface area (Å²) in [5.74, 6) is 0.734. The lowest BCUT2D eigenvalue weighted by atomic mass is 9.94. The van der Waals surface area contributed by atoms with Crippen molar-refractivity contribution in [3.05, 3.63) is 81.3 Å². The summed E-state index contributed by atoms with van der Waals surface area (Å²) in [6, 6.07) is 19.5. The minimum absolute atomic E-state index is 0.295. The summed E-state index contributed by atoms with van der Waals surface area (Å²) in [4.78, 5) is 23.3. The van der Waals surface area contributed by atoms with Crippen LogP contribution in [0.15, 0.2) is 58.9 Å². The van der Waals surface area contributed by atoms with Crippen LogP contribution in [0.5, 0.6) is 0 Å². The molecule has 0 spiro atoms. The monoisotopic (exact) mass is 628 g/mol. The Balaban J connectivity index is 1.40. The number of benzene rings is 2. The summed E-state index contributed by atoms with van der Waals surface area (Å²) in [7, 11) is 0. The largest absolute Gasteiger partial charge is 0.465 e. The number of thioether (sulfide) groups is 1. The molecule has 2 N–H and O–H groups in total. The first-order valence-corrected chi connectivity index (χ1v) is 16.1. The number of nitrogens with zero attached hydrogens (tertiary/aromatic N) is 5. The fraction of sp³-hybridized carbons (Fsp3) is 0.281. The highest BCUT2D eigenvalue weighted by molar-refractivity contribution is 7.98. The van der Waals surface area contributed by atoms with Gasteiger partial charge in [-0.05, 0) is 49.4 Å². The van der Waals surface area contributed by atoms with Gasteiger partial charge in [0.15, 0.2) is 0 Å². The molecular weight excluding hydrogens is 600 g/mol. The molecule has 43 heavy (non-hydrogen) atoms. The molecule has 1 aliphatic heterocycles. The molecule has 4 aromatic rings. The van der Waals surface area contributed by atoms with Crippen LogP contribution in [0.4, 0.5) is 5.82 Å². The minimum Gasteiger partial charge on any atom is -0.465 e. The summed E-state index contributed by atoms with van der Waals surface area (Å²) in [6.45, 7) is 3.53. The number of ether oxygens (including phenoxy) is 1. The molecule has 218 valence electrons. The van der Waals surface area contributed by atoms with Gasteiger partial charge in [-0.2, -0.15) is 10.5 Å². The maximum atomic E-state index is 11.6. The number of thiazole rings is 1. The van der Waals surface area contributed by atoms with Crippen LogP contribution in [0.2, 0.25) is 5.02 Å². The van der Waals surface area contributed by atoms with Crippen molar-refractivity contribution in [2.24, 2.45) is 5.73 Å². The molecule has 8 nitrogen and oxygen atoms in total. The van der Waals surface area contributed by atoms with E-state index in [0.29, 0.717) is 57.8 Å². The second-order valence-corrected chi connectivity index (χ2v) is 12.4. The van der Waals surface area contributed by atoms with Gasteiger partial charge in [0.05, 0.1) is 17.9 Å². The number of rotatable bonds is 11. The molecule has 11 heteroatoms. The van der Waals surface area contributed by atoms with E-state index in [1.807, 2.05) is 53.9 Å². The summed E-state index contributed by atoms with van der Waals surface area (Å²) < 4.78 is 5.17. The first-order valence-electron chi connectivity index (χ1n) is 13.9. The van der Waals surface area contributed by atoms with Crippen LogP contribution in [0.1, 0.15) is 42.1 Å². The van der Waals surface area contributed by atoms with Crippen molar-refractivity contribution in [3.8, 4) is 33.8 Å². The highest BCUT2D eigenvalue weighted by Gasteiger charge is 2.27. The van der Waals surface area contributed by atoms with E-state index in [-0.39, 0.29) is 0 Å². The Labute approximate surface area is 264 Å². The molecule has 3 heterocycles. The molecule has 2 aromatic carbocycles. The molecule has 5 rings (SSSR count).